The van der Waals surface area contributed by atoms with Gasteiger partial charge in [0.25, 0.3) is 0 Å². The van der Waals surface area contributed by atoms with Crippen molar-refractivity contribution in [3.05, 3.63) is 79.1 Å². The summed E-state index contributed by atoms with van der Waals surface area (Å²) in [4.78, 5) is 0. The highest BCUT2D eigenvalue weighted by Gasteiger charge is 2.10. The van der Waals surface area contributed by atoms with Crippen LogP contribution >= 0.6 is 0 Å². The van der Waals surface area contributed by atoms with E-state index in [0.29, 0.717) is 6.54 Å². The molecule has 0 unspecified atom stereocenters. The number of hydrogen-bond donors (Lipinski definition) is 0. The summed E-state index contributed by atoms with van der Waals surface area (Å²) in [6.45, 7) is 4.38. The third kappa shape index (κ3) is 2.77. The Hall–Kier alpha value is -2.68. The van der Waals surface area contributed by atoms with Crippen LogP contribution in [0, 0.1) is 5.82 Å². The maximum Gasteiger partial charge on any atom is 0.123 e. The monoisotopic (exact) mass is 278 g/mol. The maximum absolute atomic E-state index is 13.1. The first kappa shape index (κ1) is 13.3. The van der Waals surface area contributed by atoms with E-state index < -0.39 is 0 Å². The lowest BCUT2D eigenvalue weighted by Gasteiger charge is -2.04. The van der Waals surface area contributed by atoms with Crippen LogP contribution in [-0.4, -0.2) is 9.78 Å². The van der Waals surface area contributed by atoms with Gasteiger partial charge in [-0.05, 0) is 30.3 Å². The fourth-order valence-corrected chi connectivity index (χ4v) is 2.28. The lowest BCUT2D eigenvalue weighted by Crippen LogP contribution is -2.00. The van der Waals surface area contributed by atoms with Crippen LogP contribution in [0.4, 0.5) is 4.39 Å². The highest BCUT2D eigenvalue weighted by molar-refractivity contribution is 5.68. The zero-order chi connectivity index (χ0) is 14.7. The van der Waals surface area contributed by atoms with Gasteiger partial charge in [-0.3, -0.25) is 4.68 Å². The average molecular weight is 278 g/mol. The molecule has 104 valence electrons. The van der Waals surface area contributed by atoms with E-state index in [0.717, 1.165) is 22.5 Å². The zero-order valence-electron chi connectivity index (χ0n) is 11.5. The predicted octanol–water partition coefficient (Wildman–Crippen LogP) is 4.54. The summed E-state index contributed by atoms with van der Waals surface area (Å²) in [5.74, 6) is -0.239. The molecule has 0 aliphatic heterocycles. The summed E-state index contributed by atoms with van der Waals surface area (Å²) >= 11 is 0. The number of aromatic nitrogens is 2. The van der Waals surface area contributed by atoms with Crippen LogP contribution in [0.5, 0.6) is 0 Å². The van der Waals surface area contributed by atoms with E-state index >= 15 is 0 Å². The molecular formula is C18H15FN2. The molecule has 3 heteroatoms. The van der Waals surface area contributed by atoms with Crippen LogP contribution in [0.25, 0.3) is 22.5 Å². The summed E-state index contributed by atoms with van der Waals surface area (Å²) < 4.78 is 15.0. The second-order valence-electron chi connectivity index (χ2n) is 4.76. The molecule has 0 spiro atoms. The van der Waals surface area contributed by atoms with E-state index in [1.807, 2.05) is 41.1 Å². The molecule has 2 aromatic carbocycles. The Kier molecular flexibility index (Phi) is 3.65. The summed E-state index contributed by atoms with van der Waals surface area (Å²) in [5.41, 5.74) is 3.85. The largest absolute Gasteiger partial charge is 0.260 e. The van der Waals surface area contributed by atoms with Crippen molar-refractivity contribution in [2.75, 3.05) is 0 Å². The first-order valence-electron chi connectivity index (χ1n) is 6.78. The fourth-order valence-electron chi connectivity index (χ4n) is 2.28. The number of allylic oxidation sites excluding steroid dienone is 1. The van der Waals surface area contributed by atoms with Crippen molar-refractivity contribution in [3.8, 4) is 22.5 Å². The van der Waals surface area contributed by atoms with Crippen molar-refractivity contribution in [1.82, 2.24) is 9.78 Å². The summed E-state index contributed by atoms with van der Waals surface area (Å²) in [6, 6.07) is 18.5. The average Bonchev–Trinajstić information content (AvgIpc) is 2.93. The molecule has 1 aromatic heterocycles. The van der Waals surface area contributed by atoms with Crippen LogP contribution in [0.1, 0.15) is 0 Å². The van der Waals surface area contributed by atoms with Gasteiger partial charge in [0.05, 0.1) is 17.9 Å². The zero-order valence-corrected chi connectivity index (χ0v) is 11.5. The van der Waals surface area contributed by atoms with Crippen molar-refractivity contribution >= 4 is 0 Å². The molecule has 0 bridgehead atoms. The van der Waals surface area contributed by atoms with Crippen LogP contribution < -0.4 is 0 Å². The van der Waals surface area contributed by atoms with E-state index in [4.69, 9.17) is 0 Å². The number of benzene rings is 2. The van der Waals surface area contributed by atoms with Gasteiger partial charge in [-0.1, -0.05) is 36.4 Å². The van der Waals surface area contributed by atoms with Gasteiger partial charge in [0.1, 0.15) is 5.82 Å². The SMILES string of the molecule is C=CCn1nc(-c2ccccc2)cc1-c1ccc(F)cc1. The minimum absolute atomic E-state index is 0.239. The Balaban J connectivity index is 2.08. The molecule has 2 nitrogen and oxygen atoms in total. The molecule has 0 N–H and O–H groups in total. The molecule has 0 amide bonds. The van der Waals surface area contributed by atoms with Gasteiger partial charge in [-0.15, -0.1) is 6.58 Å². The van der Waals surface area contributed by atoms with Gasteiger partial charge in [0, 0.05) is 11.1 Å². The van der Waals surface area contributed by atoms with Crippen molar-refractivity contribution in [2.24, 2.45) is 0 Å². The Labute approximate surface area is 123 Å². The van der Waals surface area contributed by atoms with Gasteiger partial charge >= 0.3 is 0 Å². The second-order valence-corrected chi connectivity index (χ2v) is 4.76. The van der Waals surface area contributed by atoms with Gasteiger partial charge in [-0.25, -0.2) is 4.39 Å². The van der Waals surface area contributed by atoms with E-state index in [9.17, 15) is 4.39 Å². The predicted molar refractivity (Wildman–Crippen MR) is 83.3 cm³/mol. The van der Waals surface area contributed by atoms with Crippen LogP contribution in [0.3, 0.4) is 0 Å². The van der Waals surface area contributed by atoms with E-state index in [1.165, 1.54) is 12.1 Å². The first-order chi connectivity index (χ1) is 10.3. The number of nitrogens with zero attached hydrogens (tertiary/aromatic N) is 2. The first-order valence-corrected chi connectivity index (χ1v) is 6.78. The Morgan fingerprint density at radius 1 is 1.00 bits per heavy atom. The van der Waals surface area contributed by atoms with Crippen molar-refractivity contribution in [1.29, 1.82) is 0 Å². The minimum atomic E-state index is -0.239. The third-order valence-electron chi connectivity index (χ3n) is 3.29. The molecule has 21 heavy (non-hydrogen) atoms. The Morgan fingerprint density at radius 3 is 2.38 bits per heavy atom. The summed E-state index contributed by atoms with van der Waals surface area (Å²) in [7, 11) is 0. The topological polar surface area (TPSA) is 17.8 Å². The number of hydrogen-bond acceptors (Lipinski definition) is 1. The van der Waals surface area contributed by atoms with Gasteiger partial charge in [-0.2, -0.15) is 5.10 Å². The van der Waals surface area contributed by atoms with E-state index in [-0.39, 0.29) is 5.82 Å². The lowest BCUT2D eigenvalue weighted by atomic mass is 10.1. The fraction of sp³-hybridized carbons (Fsp3) is 0.0556. The highest BCUT2D eigenvalue weighted by Crippen LogP contribution is 2.26. The smallest absolute Gasteiger partial charge is 0.123 e. The molecular weight excluding hydrogens is 263 g/mol. The quantitative estimate of drug-likeness (QED) is 0.640. The lowest BCUT2D eigenvalue weighted by molar-refractivity contribution is 0.628. The molecule has 0 aliphatic carbocycles. The van der Waals surface area contributed by atoms with Crippen molar-refractivity contribution in [2.45, 2.75) is 6.54 Å². The number of halogens is 1. The number of rotatable bonds is 4. The van der Waals surface area contributed by atoms with Crippen LogP contribution in [-0.2, 0) is 6.54 Å². The molecule has 1 heterocycles. The molecule has 0 fully saturated rings. The molecule has 3 rings (SSSR count). The molecule has 0 radical (unpaired) electrons. The molecule has 0 atom stereocenters. The van der Waals surface area contributed by atoms with E-state index in [1.54, 1.807) is 18.2 Å². The van der Waals surface area contributed by atoms with Crippen molar-refractivity contribution < 1.29 is 4.39 Å². The second kappa shape index (κ2) is 5.75. The minimum Gasteiger partial charge on any atom is -0.260 e. The highest BCUT2D eigenvalue weighted by atomic mass is 19.1. The third-order valence-corrected chi connectivity index (χ3v) is 3.29. The Bertz CT molecular complexity index is 743. The normalized spacial score (nSPS) is 10.5. The van der Waals surface area contributed by atoms with Crippen molar-refractivity contribution in [3.63, 3.8) is 0 Å². The molecule has 0 saturated carbocycles. The molecule has 0 aliphatic rings. The van der Waals surface area contributed by atoms with Gasteiger partial charge in [0.15, 0.2) is 0 Å². The Morgan fingerprint density at radius 2 is 1.71 bits per heavy atom. The standard InChI is InChI=1S/C18H15FN2/c1-2-12-21-18(15-8-10-16(19)11-9-15)13-17(20-21)14-6-4-3-5-7-14/h2-11,13H,1,12H2. The summed E-state index contributed by atoms with van der Waals surface area (Å²) in [5, 5.41) is 4.62. The molecule has 3 aromatic rings. The van der Waals surface area contributed by atoms with Crippen LogP contribution in [0.15, 0.2) is 73.3 Å². The van der Waals surface area contributed by atoms with Crippen LogP contribution in [0.2, 0.25) is 0 Å². The van der Waals surface area contributed by atoms with Gasteiger partial charge < -0.3 is 0 Å². The maximum atomic E-state index is 13.1. The van der Waals surface area contributed by atoms with Gasteiger partial charge in [0.2, 0.25) is 0 Å². The molecule has 0 saturated heterocycles. The van der Waals surface area contributed by atoms with E-state index in [2.05, 4.69) is 11.7 Å². The summed E-state index contributed by atoms with van der Waals surface area (Å²) in [6.07, 6.45) is 1.80.